The van der Waals surface area contributed by atoms with Crippen molar-refractivity contribution >= 4 is 17.8 Å². The van der Waals surface area contributed by atoms with Crippen molar-refractivity contribution in [1.29, 1.82) is 0 Å². The molecule has 0 aliphatic carbocycles. The van der Waals surface area contributed by atoms with Crippen molar-refractivity contribution in [1.82, 2.24) is 14.8 Å². The molecule has 2 saturated heterocycles. The maximum atomic E-state index is 13.9. The summed E-state index contributed by atoms with van der Waals surface area (Å²) in [7, 11) is 0. The number of aliphatic carboxylic acids is 1. The van der Waals surface area contributed by atoms with E-state index >= 15 is 0 Å². The summed E-state index contributed by atoms with van der Waals surface area (Å²) in [4.78, 5) is 45.5. The predicted octanol–water partition coefficient (Wildman–Crippen LogP) is 5.90. The summed E-state index contributed by atoms with van der Waals surface area (Å²) in [5.41, 5.74) is -2.67. The minimum Gasteiger partial charge on any atom is -0.493 e. The number of carboxylic acids is 1. The molecule has 2 aliphatic rings. The summed E-state index contributed by atoms with van der Waals surface area (Å²) >= 11 is 0. The molecule has 1 aromatic carbocycles. The van der Waals surface area contributed by atoms with Gasteiger partial charge in [-0.3, -0.25) is 19.4 Å². The van der Waals surface area contributed by atoms with Crippen LogP contribution in [0.5, 0.6) is 5.75 Å². The van der Waals surface area contributed by atoms with Gasteiger partial charge in [0.1, 0.15) is 5.75 Å². The van der Waals surface area contributed by atoms with Crippen molar-refractivity contribution in [2.75, 3.05) is 26.2 Å². The van der Waals surface area contributed by atoms with Gasteiger partial charge in [-0.05, 0) is 56.1 Å². The molecule has 2 unspecified atom stereocenters. The number of carbonyl (C=O) groups is 3. The number of carbonyl (C=O) groups excluding carboxylic acids is 2. The number of hydrogen-bond acceptors (Lipinski definition) is 6. The largest absolute Gasteiger partial charge is 0.493 e. The quantitative estimate of drug-likeness (QED) is 0.312. The highest BCUT2D eigenvalue weighted by molar-refractivity contribution is 5.96. The first kappa shape index (κ1) is 35.2. The van der Waals surface area contributed by atoms with Gasteiger partial charge in [0.05, 0.1) is 35.7 Å². The van der Waals surface area contributed by atoms with Crippen LogP contribution < -0.4 is 4.74 Å². The molecule has 2 N–H and O–H groups in total. The van der Waals surface area contributed by atoms with Crippen molar-refractivity contribution in [2.24, 2.45) is 11.3 Å². The fourth-order valence-corrected chi connectivity index (χ4v) is 6.73. The Balaban J connectivity index is 1.45. The lowest BCUT2D eigenvalue weighted by molar-refractivity contribution is -0.144. The fourth-order valence-electron chi connectivity index (χ4n) is 6.73. The van der Waals surface area contributed by atoms with Crippen LogP contribution in [-0.2, 0) is 21.4 Å². The lowest BCUT2D eigenvalue weighted by atomic mass is 9.81. The van der Waals surface area contributed by atoms with Gasteiger partial charge in [-0.1, -0.05) is 45.4 Å². The summed E-state index contributed by atoms with van der Waals surface area (Å²) in [5.74, 6) is -1.87. The van der Waals surface area contributed by atoms with E-state index < -0.39 is 52.2 Å². The molecule has 0 bridgehead atoms. The third kappa shape index (κ3) is 8.18. The second-order valence-electron chi connectivity index (χ2n) is 13.2. The predicted molar refractivity (Wildman–Crippen MR) is 164 cm³/mol. The van der Waals surface area contributed by atoms with Gasteiger partial charge in [0.25, 0.3) is 5.91 Å². The molecule has 2 amide bonds. The van der Waals surface area contributed by atoms with E-state index in [0.717, 1.165) is 18.5 Å². The SMILES string of the molecule is CCCC1C(C(=O)N2CCC(O)(c3ccccc3OCCC(C)(C)CC(=O)O)CC2)CCCN1C(=O)c1cnccc1C(F)(F)F. The van der Waals surface area contributed by atoms with Gasteiger partial charge < -0.3 is 24.7 Å². The summed E-state index contributed by atoms with van der Waals surface area (Å²) in [5, 5.41) is 20.9. The Morgan fingerprint density at radius 3 is 2.43 bits per heavy atom. The van der Waals surface area contributed by atoms with Gasteiger partial charge in [-0.2, -0.15) is 13.2 Å². The van der Waals surface area contributed by atoms with E-state index in [1.807, 2.05) is 26.8 Å². The van der Waals surface area contributed by atoms with E-state index in [4.69, 9.17) is 9.84 Å². The Morgan fingerprint density at radius 2 is 1.78 bits per heavy atom. The Morgan fingerprint density at radius 1 is 1.09 bits per heavy atom. The Kier molecular flexibility index (Phi) is 11.0. The maximum absolute atomic E-state index is 13.9. The average molecular weight is 648 g/mol. The number of piperidine rings is 2. The molecule has 2 fully saturated rings. The van der Waals surface area contributed by atoms with Gasteiger partial charge in [0, 0.05) is 43.6 Å². The van der Waals surface area contributed by atoms with Gasteiger partial charge in [0.15, 0.2) is 0 Å². The number of aliphatic hydroxyl groups is 1. The van der Waals surface area contributed by atoms with Crippen LogP contribution in [0.3, 0.4) is 0 Å². The maximum Gasteiger partial charge on any atom is 0.417 e. The van der Waals surface area contributed by atoms with Crippen LogP contribution in [0.25, 0.3) is 0 Å². The molecule has 46 heavy (non-hydrogen) atoms. The molecule has 1 aromatic heterocycles. The first-order valence-corrected chi connectivity index (χ1v) is 15.9. The molecule has 0 spiro atoms. The van der Waals surface area contributed by atoms with Crippen LogP contribution in [0.2, 0.25) is 0 Å². The monoisotopic (exact) mass is 647 g/mol. The highest BCUT2D eigenvalue weighted by atomic mass is 19.4. The van der Waals surface area contributed by atoms with Gasteiger partial charge in [-0.15, -0.1) is 0 Å². The van der Waals surface area contributed by atoms with Crippen molar-refractivity contribution in [3.8, 4) is 5.75 Å². The smallest absolute Gasteiger partial charge is 0.417 e. The van der Waals surface area contributed by atoms with Crippen molar-refractivity contribution in [2.45, 2.75) is 90.0 Å². The minimum absolute atomic E-state index is 0.00981. The molecule has 4 rings (SSSR count). The third-order valence-electron chi connectivity index (χ3n) is 9.26. The van der Waals surface area contributed by atoms with E-state index in [0.29, 0.717) is 43.4 Å². The van der Waals surface area contributed by atoms with E-state index in [1.165, 1.54) is 4.90 Å². The number of rotatable bonds is 11. The minimum atomic E-state index is -4.72. The van der Waals surface area contributed by atoms with Crippen molar-refractivity contribution < 1.29 is 42.5 Å². The molecule has 0 radical (unpaired) electrons. The number of benzene rings is 1. The molecule has 3 heterocycles. The second-order valence-corrected chi connectivity index (χ2v) is 13.2. The van der Waals surface area contributed by atoms with Crippen LogP contribution >= 0.6 is 0 Å². The summed E-state index contributed by atoms with van der Waals surface area (Å²) in [6, 6.07) is 7.42. The topological polar surface area (TPSA) is 120 Å². The van der Waals surface area contributed by atoms with Crippen molar-refractivity contribution in [3.63, 3.8) is 0 Å². The average Bonchev–Trinajstić information content (AvgIpc) is 3.00. The highest BCUT2D eigenvalue weighted by Gasteiger charge is 2.44. The van der Waals surface area contributed by atoms with Gasteiger partial charge >= 0.3 is 12.1 Å². The van der Waals surface area contributed by atoms with Crippen molar-refractivity contribution in [3.05, 3.63) is 59.4 Å². The molecule has 0 saturated carbocycles. The molecular weight excluding hydrogens is 603 g/mol. The number of nitrogens with zero attached hydrogens (tertiary/aromatic N) is 3. The third-order valence-corrected chi connectivity index (χ3v) is 9.26. The van der Waals surface area contributed by atoms with E-state index in [2.05, 4.69) is 4.98 Å². The summed E-state index contributed by atoms with van der Waals surface area (Å²) < 4.78 is 47.2. The number of ether oxygens (including phenoxy) is 1. The lowest BCUT2D eigenvalue weighted by Gasteiger charge is -2.45. The molecule has 12 heteroatoms. The number of para-hydroxylation sites is 1. The molecule has 9 nitrogen and oxygen atoms in total. The number of pyridine rings is 1. The first-order chi connectivity index (χ1) is 21.7. The molecule has 2 aliphatic heterocycles. The zero-order valence-electron chi connectivity index (χ0n) is 26.7. The summed E-state index contributed by atoms with van der Waals surface area (Å²) in [6.45, 7) is 6.70. The highest BCUT2D eigenvalue weighted by Crippen LogP contribution is 2.40. The van der Waals surface area contributed by atoms with Crippen LogP contribution in [0.4, 0.5) is 13.2 Å². The number of aromatic nitrogens is 1. The van der Waals surface area contributed by atoms with Crippen LogP contribution in [0.15, 0.2) is 42.7 Å². The van der Waals surface area contributed by atoms with E-state index in [9.17, 15) is 32.7 Å². The number of carboxylic acid groups (broad SMARTS) is 1. The fraction of sp³-hybridized carbons (Fsp3) is 0.588. The first-order valence-electron chi connectivity index (χ1n) is 15.9. The number of likely N-dealkylation sites (tertiary alicyclic amines) is 2. The Hall–Kier alpha value is -3.67. The summed E-state index contributed by atoms with van der Waals surface area (Å²) in [6.07, 6.45) is 0.367. The Labute approximate surface area is 267 Å². The van der Waals surface area contributed by atoms with Gasteiger partial charge in [-0.25, -0.2) is 0 Å². The normalized spacial score (nSPS) is 20.3. The van der Waals surface area contributed by atoms with Crippen LogP contribution in [0.1, 0.15) is 93.6 Å². The Bertz CT molecular complexity index is 1390. The molecular formula is C34H44F3N3O6. The standard InChI is InChI=1S/C34H44F3N3O6/c1-4-8-27-23(9-7-17-40(27)31(44)24-22-38-16-12-25(24)34(35,36)37)30(43)39-18-13-33(45,14-19-39)26-10-5-6-11-28(26)46-20-15-32(2,3)21-29(41)42/h5-6,10-12,16,22-23,27,45H,4,7-9,13-15,17-21H2,1-3H3,(H,41,42). The van der Waals surface area contributed by atoms with E-state index in [1.54, 1.807) is 23.1 Å². The number of alkyl halides is 3. The van der Waals surface area contributed by atoms with E-state index in [-0.39, 0.29) is 51.4 Å². The zero-order valence-corrected chi connectivity index (χ0v) is 26.7. The lowest BCUT2D eigenvalue weighted by Crippen LogP contribution is -2.55. The molecule has 2 atom stereocenters. The number of hydrogen-bond donors (Lipinski definition) is 2. The van der Waals surface area contributed by atoms with Gasteiger partial charge in [0.2, 0.25) is 5.91 Å². The number of halogens is 3. The van der Waals surface area contributed by atoms with Crippen LogP contribution in [-0.4, -0.2) is 75.1 Å². The molecule has 252 valence electrons. The number of amides is 2. The molecule has 2 aromatic rings. The van der Waals surface area contributed by atoms with Crippen LogP contribution in [0, 0.1) is 11.3 Å². The second kappa shape index (κ2) is 14.4. The zero-order chi connectivity index (χ0) is 33.7.